The first-order valence-electron chi connectivity index (χ1n) is 8.00. The molecule has 1 aliphatic rings. The Labute approximate surface area is 146 Å². The zero-order chi connectivity index (χ0) is 17.8. The van der Waals surface area contributed by atoms with Crippen LogP contribution in [0.1, 0.15) is 28.4 Å². The largest absolute Gasteiger partial charge is 0.454 e. The molecule has 0 atom stereocenters. The Hall–Kier alpha value is -3.02. The van der Waals surface area contributed by atoms with Crippen LogP contribution in [0.2, 0.25) is 0 Å². The monoisotopic (exact) mass is 340 g/mol. The van der Waals surface area contributed by atoms with E-state index in [9.17, 15) is 9.59 Å². The second kappa shape index (κ2) is 7.25. The highest BCUT2D eigenvalue weighted by atomic mass is 16.7. The summed E-state index contributed by atoms with van der Waals surface area (Å²) in [4.78, 5) is 25.2. The van der Waals surface area contributed by atoms with Crippen LogP contribution in [0, 0.1) is 0 Å². The van der Waals surface area contributed by atoms with Gasteiger partial charge in [-0.2, -0.15) is 0 Å². The Balaban J connectivity index is 1.62. The Morgan fingerprint density at radius 3 is 2.44 bits per heavy atom. The Morgan fingerprint density at radius 2 is 1.72 bits per heavy atom. The summed E-state index contributed by atoms with van der Waals surface area (Å²) >= 11 is 0. The third kappa shape index (κ3) is 4.09. The van der Waals surface area contributed by atoms with Crippen molar-refractivity contribution in [2.24, 2.45) is 0 Å². The van der Waals surface area contributed by atoms with Gasteiger partial charge in [0, 0.05) is 32.6 Å². The fraction of sp³-hybridized carbons (Fsp3) is 0.263. The lowest BCUT2D eigenvalue weighted by Crippen LogP contribution is -2.26. The Kier molecular flexibility index (Phi) is 4.88. The molecule has 2 amide bonds. The van der Waals surface area contributed by atoms with Gasteiger partial charge in [-0.1, -0.05) is 18.2 Å². The molecule has 0 aliphatic carbocycles. The molecule has 0 radical (unpaired) electrons. The van der Waals surface area contributed by atoms with Gasteiger partial charge >= 0.3 is 0 Å². The van der Waals surface area contributed by atoms with E-state index in [1.165, 1.54) is 6.92 Å². The van der Waals surface area contributed by atoms with E-state index in [-0.39, 0.29) is 18.6 Å². The van der Waals surface area contributed by atoms with E-state index in [0.29, 0.717) is 24.4 Å². The lowest BCUT2D eigenvalue weighted by atomic mass is 10.1. The van der Waals surface area contributed by atoms with Crippen LogP contribution in [-0.2, 0) is 17.9 Å². The number of hydrogen-bond donors (Lipinski definition) is 1. The molecule has 2 aromatic rings. The van der Waals surface area contributed by atoms with Crippen molar-refractivity contribution in [3.63, 3.8) is 0 Å². The van der Waals surface area contributed by atoms with Crippen LogP contribution in [-0.4, -0.2) is 30.6 Å². The predicted molar refractivity (Wildman–Crippen MR) is 92.3 cm³/mol. The topological polar surface area (TPSA) is 67.9 Å². The summed E-state index contributed by atoms with van der Waals surface area (Å²) in [5.74, 6) is 1.29. The first-order chi connectivity index (χ1) is 12.0. The predicted octanol–water partition coefficient (Wildman–Crippen LogP) is 2.32. The highest BCUT2D eigenvalue weighted by Crippen LogP contribution is 2.32. The van der Waals surface area contributed by atoms with Crippen molar-refractivity contribution in [2.45, 2.75) is 20.0 Å². The molecule has 0 spiro atoms. The maximum Gasteiger partial charge on any atom is 0.253 e. The molecule has 25 heavy (non-hydrogen) atoms. The average molecular weight is 340 g/mol. The van der Waals surface area contributed by atoms with Crippen molar-refractivity contribution in [3.05, 3.63) is 59.2 Å². The molecule has 1 N–H and O–H groups in total. The number of carbonyl (C=O) groups is 2. The van der Waals surface area contributed by atoms with Gasteiger partial charge < -0.3 is 19.7 Å². The number of carbonyl (C=O) groups excluding carboxylic acids is 2. The molecule has 0 fully saturated rings. The van der Waals surface area contributed by atoms with Gasteiger partial charge in [-0.15, -0.1) is 0 Å². The van der Waals surface area contributed by atoms with Gasteiger partial charge in [0.1, 0.15) is 0 Å². The molecule has 0 saturated heterocycles. The highest BCUT2D eigenvalue weighted by Gasteiger charge is 2.16. The third-order valence-corrected chi connectivity index (χ3v) is 3.95. The third-order valence-electron chi connectivity index (χ3n) is 3.95. The van der Waals surface area contributed by atoms with E-state index in [4.69, 9.17) is 9.47 Å². The molecule has 2 aromatic carbocycles. The summed E-state index contributed by atoms with van der Waals surface area (Å²) in [5, 5.41) is 2.73. The van der Waals surface area contributed by atoms with E-state index in [2.05, 4.69) is 5.32 Å². The molecule has 0 saturated carbocycles. The number of amides is 2. The van der Waals surface area contributed by atoms with E-state index in [1.807, 2.05) is 30.3 Å². The van der Waals surface area contributed by atoms with Crippen LogP contribution >= 0.6 is 0 Å². The van der Waals surface area contributed by atoms with Crippen molar-refractivity contribution in [3.8, 4) is 11.5 Å². The Bertz CT molecular complexity index is 787. The number of hydrogen-bond acceptors (Lipinski definition) is 4. The number of benzene rings is 2. The van der Waals surface area contributed by atoms with E-state index in [1.54, 1.807) is 24.1 Å². The summed E-state index contributed by atoms with van der Waals surface area (Å²) in [6.07, 6.45) is 0. The molecule has 1 aliphatic heterocycles. The van der Waals surface area contributed by atoms with Crippen molar-refractivity contribution >= 4 is 11.8 Å². The van der Waals surface area contributed by atoms with Crippen molar-refractivity contribution < 1.29 is 19.1 Å². The van der Waals surface area contributed by atoms with Crippen LogP contribution in [0.5, 0.6) is 11.5 Å². The maximum absolute atomic E-state index is 12.6. The zero-order valence-corrected chi connectivity index (χ0v) is 14.2. The van der Waals surface area contributed by atoms with Crippen LogP contribution in [0.4, 0.5) is 0 Å². The number of nitrogens with one attached hydrogen (secondary N) is 1. The minimum atomic E-state index is -0.0800. The molecule has 3 rings (SSSR count). The standard InChI is InChI=1S/C19H20N2O4/c1-13(22)20-10-14-3-6-16(7-4-14)19(23)21(2)11-15-5-8-17-18(9-15)25-12-24-17/h3-9H,10-12H2,1-2H3,(H,20,22). The number of fused-ring (bicyclic) bond motifs is 1. The molecular weight excluding hydrogens is 320 g/mol. The quantitative estimate of drug-likeness (QED) is 0.907. The minimum absolute atomic E-state index is 0.0660. The second-order valence-electron chi connectivity index (χ2n) is 5.96. The van der Waals surface area contributed by atoms with Gasteiger partial charge in [-0.05, 0) is 35.4 Å². The highest BCUT2D eigenvalue weighted by molar-refractivity contribution is 5.94. The van der Waals surface area contributed by atoms with Gasteiger partial charge in [-0.3, -0.25) is 9.59 Å². The average Bonchev–Trinajstić information content (AvgIpc) is 3.07. The molecule has 6 heteroatoms. The first-order valence-corrected chi connectivity index (χ1v) is 8.00. The fourth-order valence-corrected chi connectivity index (χ4v) is 2.60. The molecule has 6 nitrogen and oxygen atoms in total. The molecule has 0 bridgehead atoms. The molecule has 0 unspecified atom stereocenters. The SMILES string of the molecule is CC(=O)NCc1ccc(C(=O)N(C)Cc2ccc3c(c2)OCO3)cc1. The minimum Gasteiger partial charge on any atom is -0.454 e. The molecule has 130 valence electrons. The number of ether oxygens (including phenoxy) is 2. The molecule has 0 aromatic heterocycles. The Morgan fingerprint density at radius 1 is 1.04 bits per heavy atom. The van der Waals surface area contributed by atoms with Crippen molar-refractivity contribution in [2.75, 3.05) is 13.8 Å². The number of rotatable bonds is 5. The van der Waals surface area contributed by atoms with Crippen LogP contribution in [0.15, 0.2) is 42.5 Å². The first kappa shape index (κ1) is 16.8. The fourth-order valence-electron chi connectivity index (χ4n) is 2.60. The van der Waals surface area contributed by atoms with Crippen LogP contribution in [0.3, 0.4) is 0 Å². The molecular formula is C19H20N2O4. The van der Waals surface area contributed by atoms with Crippen LogP contribution < -0.4 is 14.8 Å². The van der Waals surface area contributed by atoms with Gasteiger partial charge in [0.2, 0.25) is 12.7 Å². The maximum atomic E-state index is 12.6. The van der Waals surface area contributed by atoms with Gasteiger partial charge in [0.05, 0.1) is 0 Å². The lowest BCUT2D eigenvalue weighted by molar-refractivity contribution is -0.119. The van der Waals surface area contributed by atoms with Gasteiger partial charge in [0.25, 0.3) is 5.91 Å². The summed E-state index contributed by atoms with van der Waals surface area (Å²) in [7, 11) is 1.76. The smallest absolute Gasteiger partial charge is 0.253 e. The van der Waals surface area contributed by atoms with Gasteiger partial charge in [0.15, 0.2) is 11.5 Å². The second-order valence-corrected chi connectivity index (χ2v) is 5.96. The van der Waals surface area contributed by atoms with Gasteiger partial charge in [-0.25, -0.2) is 0 Å². The summed E-state index contributed by atoms with van der Waals surface area (Å²) in [5.41, 5.74) is 2.53. The van der Waals surface area contributed by atoms with Crippen molar-refractivity contribution in [1.82, 2.24) is 10.2 Å². The lowest BCUT2D eigenvalue weighted by Gasteiger charge is -2.18. The van der Waals surface area contributed by atoms with E-state index >= 15 is 0 Å². The summed E-state index contributed by atoms with van der Waals surface area (Å²) < 4.78 is 10.7. The van der Waals surface area contributed by atoms with E-state index in [0.717, 1.165) is 16.9 Å². The van der Waals surface area contributed by atoms with Crippen LogP contribution in [0.25, 0.3) is 0 Å². The van der Waals surface area contributed by atoms with E-state index < -0.39 is 0 Å². The summed E-state index contributed by atoms with van der Waals surface area (Å²) in [6, 6.07) is 12.9. The zero-order valence-electron chi connectivity index (χ0n) is 14.2. The summed E-state index contributed by atoms with van der Waals surface area (Å²) in [6.45, 7) is 2.64. The number of nitrogens with zero attached hydrogens (tertiary/aromatic N) is 1. The molecule has 1 heterocycles. The van der Waals surface area contributed by atoms with Crippen molar-refractivity contribution in [1.29, 1.82) is 0 Å². The normalized spacial score (nSPS) is 11.9.